The van der Waals surface area contributed by atoms with E-state index in [0.717, 1.165) is 30.6 Å². The minimum absolute atomic E-state index is 0.295. The lowest BCUT2D eigenvalue weighted by atomic mass is 9.88. The third kappa shape index (κ3) is 4.03. The van der Waals surface area contributed by atoms with E-state index in [0.29, 0.717) is 51.2 Å². The molecule has 2 fully saturated rings. The van der Waals surface area contributed by atoms with Crippen LogP contribution in [0.15, 0.2) is 55.2 Å². The number of hydrogen-bond acceptors (Lipinski definition) is 8. The summed E-state index contributed by atoms with van der Waals surface area (Å²) in [5.74, 6) is 1.42. The Kier molecular flexibility index (Phi) is 5.03. The number of benzene rings is 1. The summed E-state index contributed by atoms with van der Waals surface area (Å²) < 4.78 is 23.1. The van der Waals surface area contributed by atoms with Crippen LogP contribution >= 0.6 is 0 Å². The molecule has 1 saturated heterocycles. The van der Waals surface area contributed by atoms with Crippen molar-refractivity contribution in [1.82, 2.24) is 34.9 Å². The summed E-state index contributed by atoms with van der Waals surface area (Å²) in [4.78, 5) is 17.9. The Morgan fingerprint density at radius 3 is 2.92 bits per heavy atom. The highest BCUT2D eigenvalue weighted by molar-refractivity contribution is 5.87. The van der Waals surface area contributed by atoms with Crippen molar-refractivity contribution < 1.29 is 9.13 Å². The average Bonchev–Trinajstić information content (AvgIpc) is 3.48. The quantitative estimate of drug-likeness (QED) is 0.349. The Labute approximate surface area is 212 Å². The first-order valence-corrected chi connectivity index (χ1v) is 12.5. The lowest BCUT2D eigenvalue weighted by molar-refractivity contribution is 0.342. The van der Waals surface area contributed by atoms with Crippen molar-refractivity contribution in [3.63, 3.8) is 0 Å². The second-order valence-electron chi connectivity index (χ2n) is 9.93. The van der Waals surface area contributed by atoms with Gasteiger partial charge in [0.2, 0.25) is 0 Å². The standard InChI is InChI=1S/C27H25FN8O/c1-16-22(37-18-7-11-36-23(12-18)30-15-33-36)5-4-20(24(16)28)35-26-25-21(29-14-31-26)3-2-19(34-25)17-6-10-32-27(13-17)8-9-27/h2-5,7,11-12,14-15,17,32H,6,8-10,13H2,1H3,(H,29,31,35)/t17-/m0/s1. The van der Waals surface area contributed by atoms with Crippen molar-refractivity contribution in [2.75, 3.05) is 11.9 Å². The van der Waals surface area contributed by atoms with Crippen LogP contribution in [0, 0.1) is 12.7 Å². The van der Waals surface area contributed by atoms with Gasteiger partial charge in [-0.15, -0.1) is 0 Å². The van der Waals surface area contributed by atoms with Crippen molar-refractivity contribution in [3.8, 4) is 11.5 Å². The lowest BCUT2D eigenvalue weighted by Crippen LogP contribution is -2.39. The van der Waals surface area contributed by atoms with Gasteiger partial charge in [-0.1, -0.05) is 0 Å². The van der Waals surface area contributed by atoms with E-state index in [1.165, 1.54) is 25.5 Å². The zero-order valence-corrected chi connectivity index (χ0v) is 20.3. The molecule has 37 heavy (non-hydrogen) atoms. The van der Waals surface area contributed by atoms with Crippen molar-refractivity contribution in [3.05, 3.63) is 72.3 Å². The van der Waals surface area contributed by atoms with Gasteiger partial charge >= 0.3 is 0 Å². The second-order valence-corrected chi connectivity index (χ2v) is 9.93. The number of nitrogens with one attached hydrogen (secondary N) is 2. The van der Waals surface area contributed by atoms with Crippen molar-refractivity contribution in [2.45, 2.75) is 44.1 Å². The van der Waals surface area contributed by atoms with E-state index in [4.69, 9.17) is 9.72 Å². The molecule has 4 aromatic heterocycles. The van der Waals surface area contributed by atoms with Crippen molar-refractivity contribution in [2.24, 2.45) is 0 Å². The number of ether oxygens (including phenoxy) is 1. The van der Waals surface area contributed by atoms with Crippen LogP contribution in [0.3, 0.4) is 0 Å². The highest BCUT2D eigenvalue weighted by atomic mass is 19.1. The Morgan fingerprint density at radius 2 is 2.03 bits per heavy atom. The van der Waals surface area contributed by atoms with E-state index in [1.54, 1.807) is 41.9 Å². The first-order chi connectivity index (χ1) is 18.1. The van der Waals surface area contributed by atoms with Gasteiger partial charge in [0.25, 0.3) is 0 Å². The molecule has 0 bridgehead atoms. The highest BCUT2D eigenvalue weighted by Crippen LogP contribution is 2.46. The average molecular weight is 497 g/mol. The molecule has 1 aromatic carbocycles. The van der Waals surface area contributed by atoms with Gasteiger partial charge in [0.05, 0.1) is 11.2 Å². The van der Waals surface area contributed by atoms with Gasteiger partial charge in [0.1, 0.15) is 29.7 Å². The van der Waals surface area contributed by atoms with Crippen molar-refractivity contribution in [1.29, 1.82) is 0 Å². The van der Waals surface area contributed by atoms with Gasteiger partial charge < -0.3 is 15.4 Å². The summed E-state index contributed by atoms with van der Waals surface area (Å²) in [6.07, 6.45) is 9.31. The number of piperidine rings is 1. The summed E-state index contributed by atoms with van der Waals surface area (Å²) in [6.45, 7) is 2.69. The predicted molar refractivity (Wildman–Crippen MR) is 137 cm³/mol. The molecule has 2 aliphatic rings. The SMILES string of the molecule is Cc1c(Oc2ccn3ncnc3c2)ccc(Nc2ncnc3ccc([C@H]4CCNC5(CC5)C4)nc23)c1F. The molecule has 0 amide bonds. The molecule has 1 atom stereocenters. The summed E-state index contributed by atoms with van der Waals surface area (Å²) in [7, 11) is 0. The largest absolute Gasteiger partial charge is 0.457 e. The topological polar surface area (TPSA) is 102 Å². The van der Waals surface area contributed by atoms with Gasteiger partial charge in [-0.05, 0) is 69.5 Å². The normalized spacial score (nSPS) is 18.4. The zero-order valence-electron chi connectivity index (χ0n) is 20.3. The Hall–Kier alpha value is -4.18. The molecule has 186 valence electrons. The number of halogens is 1. The van der Waals surface area contributed by atoms with Crippen LogP contribution < -0.4 is 15.4 Å². The molecule has 9 nitrogen and oxygen atoms in total. The summed E-state index contributed by atoms with van der Waals surface area (Å²) in [5.41, 5.74) is 4.03. The molecule has 2 N–H and O–H groups in total. The molecule has 7 rings (SSSR count). The molecular formula is C27H25FN8O. The van der Waals surface area contributed by atoms with E-state index < -0.39 is 5.82 Å². The Bertz CT molecular complexity index is 1650. The van der Waals surface area contributed by atoms with E-state index in [2.05, 4.69) is 36.8 Å². The van der Waals surface area contributed by atoms with Gasteiger partial charge in [0, 0.05) is 35.0 Å². The predicted octanol–water partition coefficient (Wildman–Crippen LogP) is 5.05. The fourth-order valence-electron chi connectivity index (χ4n) is 5.20. The molecule has 0 unspecified atom stereocenters. The van der Waals surface area contributed by atoms with Crippen LogP contribution in [0.4, 0.5) is 15.9 Å². The van der Waals surface area contributed by atoms with E-state index in [-0.39, 0.29) is 0 Å². The third-order valence-electron chi connectivity index (χ3n) is 7.47. The molecule has 1 spiro atoms. The van der Waals surface area contributed by atoms with Crippen LogP contribution in [-0.4, -0.2) is 41.6 Å². The monoisotopic (exact) mass is 496 g/mol. The van der Waals surface area contributed by atoms with Crippen LogP contribution in [0.5, 0.6) is 11.5 Å². The van der Waals surface area contributed by atoms with E-state index in [9.17, 15) is 0 Å². The number of nitrogens with zero attached hydrogens (tertiary/aromatic N) is 6. The lowest BCUT2D eigenvalue weighted by Gasteiger charge is -2.30. The summed E-state index contributed by atoms with van der Waals surface area (Å²) in [5, 5.41) is 10.9. The third-order valence-corrected chi connectivity index (χ3v) is 7.47. The smallest absolute Gasteiger partial charge is 0.160 e. The van der Waals surface area contributed by atoms with Gasteiger partial charge in [0.15, 0.2) is 17.3 Å². The number of rotatable bonds is 5. The van der Waals surface area contributed by atoms with Crippen LogP contribution in [0.2, 0.25) is 0 Å². The highest BCUT2D eigenvalue weighted by Gasteiger charge is 2.46. The van der Waals surface area contributed by atoms with Crippen molar-refractivity contribution >= 4 is 28.2 Å². The Balaban J connectivity index is 1.17. The molecule has 5 heterocycles. The van der Waals surface area contributed by atoms with Crippen LogP contribution in [-0.2, 0) is 0 Å². The van der Waals surface area contributed by atoms with Crippen LogP contribution in [0.1, 0.15) is 42.9 Å². The van der Waals surface area contributed by atoms with Gasteiger partial charge in [-0.25, -0.2) is 28.8 Å². The Morgan fingerprint density at radius 1 is 1.11 bits per heavy atom. The molecule has 5 aromatic rings. The maximum Gasteiger partial charge on any atom is 0.160 e. The second kappa shape index (κ2) is 8.45. The summed E-state index contributed by atoms with van der Waals surface area (Å²) >= 11 is 0. The van der Waals surface area contributed by atoms with Crippen LogP contribution in [0.25, 0.3) is 16.7 Å². The number of aromatic nitrogens is 6. The number of anilines is 2. The molecule has 0 radical (unpaired) electrons. The molecule has 1 aliphatic carbocycles. The van der Waals surface area contributed by atoms with Gasteiger partial charge in [-0.3, -0.25) is 0 Å². The maximum atomic E-state index is 15.5. The number of pyridine rings is 2. The molecular weight excluding hydrogens is 471 g/mol. The van der Waals surface area contributed by atoms with Gasteiger partial charge in [-0.2, -0.15) is 5.10 Å². The minimum Gasteiger partial charge on any atom is -0.457 e. The fourth-order valence-corrected chi connectivity index (χ4v) is 5.20. The first kappa shape index (κ1) is 22.1. The molecule has 1 saturated carbocycles. The molecule has 10 heteroatoms. The zero-order chi connectivity index (χ0) is 25.0. The number of fused-ring (bicyclic) bond motifs is 2. The van der Waals surface area contributed by atoms with E-state index >= 15 is 4.39 Å². The van der Waals surface area contributed by atoms with E-state index in [1.807, 2.05) is 6.07 Å². The minimum atomic E-state index is -0.419. The maximum absolute atomic E-state index is 15.5. The first-order valence-electron chi connectivity index (χ1n) is 12.5. The fraction of sp³-hybridized carbons (Fsp3) is 0.296. The summed E-state index contributed by atoms with van der Waals surface area (Å²) in [6, 6.07) is 10.9. The molecule has 1 aliphatic heterocycles. The number of hydrogen-bond donors (Lipinski definition) is 2.